The van der Waals surface area contributed by atoms with Crippen LogP contribution in [0.1, 0.15) is 23.5 Å². The lowest BCUT2D eigenvalue weighted by molar-refractivity contribution is -0.137. The first kappa shape index (κ1) is 12.3. The van der Waals surface area contributed by atoms with E-state index in [1.165, 1.54) is 12.1 Å². The molecule has 0 spiro atoms. The summed E-state index contributed by atoms with van der Waals surface area (Å²) in [5.74, 6) is 0.261. The van der Waals surface area contributed by atoms with Crippen LogP contribution >= 0.6 is 12.4 Å². The van der Waals surface area contributed by atoms with Crippen LogP contribution in [0.5, 0.6) is 0 Å². The van der Waals surface area contributed by atoms with Crippen LogP contribution in [0.3, 0.4) is 0 Å². The molecule has 1 aromatic rings. The molecule has 1 nitrogen and oxygen atoms in total. The van der Waals surface area contributed by atoms with Gasteiger partial charge in [0.15, 0.2) is 0 Å². The van der Waals surface area contributed by atoms with E-state index in [-0.39, 0.29) is 24.4 Å². The number of nitrogens with two attached hydrogens (primary N) is 1. The van der Waals surface area contributed by atoms with E-state index in [1.807, 2.05) is 0 Å². The van der Waals surface area contributed by atoms with E-state index in [2.05, 4.69) is 0 Å². The highest BCUT2D eigenvalue weighted by atomic mass is 35.5. The average molecular weight is 238 g/mol. The summed E-state index contributed by atoms with van der Waals surface area (Å²) in [5, 5.41) is 0. The van der Waals surface area contributed by atoms with Gasteiger partial charge in [-0.1, -0.05) is 12.1 Å². The van der Waals surface area contributed by atoms with Gasteiger partial charge in [0.2, 0.25) is 0 Å². The van der Waals surface area contributed by atoms with Crippen molar-refractivity contribution in [3.8, 4) is 0 Å². The number of halogens is 4. The third kappa shape index (κ3) is 2.63. The van der Waals surface area contributed by atoms with E-state index in [4.69, 9.17) is 5.73 Å². The molecule has 2 unspecified atom stereocenters. The van der Waals surface area contributed by atoms with Gasteiger partial charge in [0.25, 0.3) is 0 Å². The maximum atomic E-state index is 12.2. The summed E-state index contributed by atoms with van der Waals surface area (Å²) in [7, 11) is 0. The third-order valence-corrected chi connectivity index (χ3v) is 2.51. The van der Waals surface area contributed by atoms with Crippen LogP contribution in [0.4, 0.5) is 13.2 Å². The molecule has 1 saturated carbocycles. The minimum atomic E-state index is -4.25. The van der Waals surface area contributed by atoms with Gasteiger partial charge in [-0.15, -0.1) is 12.4 Å². The van der Waals surface area contributed by atoms with Gasteiger partial charge in [0.1, 0.15) is 0 Å². The van der Waals surface area contributed by atoms with Gasteiger partial charge < -0.3 is 5.73 Å². The zero-order valence-corrected chi connectivity index (χ0v) is 8.61. The summed E-state index contributed by atoms with van der Waals surface area (Å²) in [6.45, 7) is 0. The van der Waals surface area contributed by atoms with Gasteiger partial charge in [-0.05, 0) is 24.1 Å². The summed E-state index contributed by atoms with van der Waals surface area (Å²) >= 11 is 0. The van der Waals surface area contributed by atoms with Crippen molar-refractivity contribution >= 4 is 12.4 Å². The van der Waals surface area contributed by atoms with E-state index in [9.17, 15) is 13.2 Å². The van der Waals surface area contributed by atoms with Crippen molar-refractivity contribution < 1.29 is 13.2 Å². The number of rotatable bonds is 1. The van der Waals surface area contributed by atoms with Crippen LogP contribution < -0.4 is 5.73 Å². The van der Waals surface area contributed by atoms with Crippen LogP contribution in [0.15, 0.2) is 24.3 Å². The Morgan fingerprint density at radius 2 is 1.60 bits per heavy atom. The second-order valence-electron chi connectivity index (χ2n) is 3.63. The standard InChI is InChI=1S/C10H10F3N.ClH/c11-10(12,13)7-3-1-6(2-4-7)8-5-9(8)14;/h1-4,8-9H,5,14H2;1H. The Balaban J connectivity index is 0.00000112. The highest BCUT2D eigenvalue weighted by Crippen LogP contribution is 2.39. The molecule has 2 atom stereocenters. The third-order valence-electron chi connectivity index (χ3n) is 2.51. The van der Waals surface area contributed by atoms with Crippen LogP contribution in [-0.2, 0) is 6.18 Å². The smallest absolute Gasteiger partial charge is 0.327 e. The molecule has 0 aliphatic heterocycles. The summed E-state index contributed by atoms with van der Waals surface area (Å²) in [5.41, 5.74) is 5.91. The Bertz CT molecular complexity index is 334. The zero-order valence-electron chi connectivity index (χ0n) is 7.79. The molecule has 0 heterocycles. The number of hydrogen-bond acceptors (Lipinski definition) is 1. The maximum absolute atomic E-state index is 12.2. The van der Waals surface area contributed by atoms with Crippen molar-refractivity contribution in [2.75, 3.05) is 0 Å². The summed E-state index contributed by atoms with van der Waals surface area (Å²) in [4.78, 5) is 0. The molecule has 1 aromatic carbocycles. The fraction of sp³-hybridized carbons (Fsp3) is 0.400. The maximum Gasteiger partial charge on any atom is 0.416 e. The van der Waals surface area contributed by atoms with Crippen molar-refractivity contribution in [3.63, 3.8) is 0 Å². The van der Waals surface area contributed by atoms with Crippen molar-refractivity contribution in [2.45, 2.75) is 24.6 Å². The molecule has 1 aliphatic carbocycles. The lowest BCUT2D eigenvalue weighted by Crippen LogP contribution is -2.05. The summed E-state index contributed by atoms with van der Waals surface area (Å²) in [6, 6.07) is 5.38. The lowest BCUT2D eigenvalue weighted by atomic mass is 10.1. The fourth-order valence-corrected chi connectivity index (χ4v) is 1.52. The van der Waals surface area contributed by atoms with Crippen LogP contribution in [0, 0.1) is 0 Å². The molecule has 2 rings (SSSR count). The molecule has 1 fully saturated rings. The first-order valence-corrected chi connectivity index (χ1v) is 4.41. The monoisotopic (exact) mass is 237 g/mol. The van der Waals surface area contributed by atoms with Gasteiger partial charge in [0.05, 0.1) is 5.56 Å². The fourth-order valence-electron chi connectivity index (χ4n) is 1.52. The Labute approximate surface area is 91.9 Å². The molecule has 1 aliphatic rings. The molecule has 2 N–H and O–H groups in total. The SMILES string of the molecule is Cl.NC1CC1c1ccc(C(F)(F)F)cc1. The second-order valence-corrected chi connectivity index (χ2v) is 3.63. The highest BCUT2D eigenvalue weighted by molar-refractivity contribution is 5.85. The Morgan fingerprint density at radius 3 is 1.93 bits per heavy atom. The van der Waals surface area contributed by atoms with Gasteiger partial charge in [-0.25, -0.2) is 0 Å². The van der Waals surface area contributed by atoms with Crippen LogP contribution in [0.2, 0.25) is 0 Å². The topological polar surface area (TPSA) is 26.0 Å². The van der Waals surface area contributed by atoms with E-state index >= 15 is 0 Å². The lowest BCUT2D eigenvalue weighted by Gasteiger charge is -2.06. The molecule has 0 bridgehead atoms. The minimum absolute atomic E-state index is 0. The Morgan fingerprint density at radius 1 is 1.13 bits per heavy atom. The molecule has 0 radical (unpaired) electrons. The first-order valence-electron chi connectivity index (χ1n) is 4.41. The molecule has 0 amide bonds. The van der Waals surface area contributed by atoms with Crippen molar-refractivity contribution in [2.24, 2.45) is 5.73 Å². The van der Waals surface area contributed by atoms with Crippen molar-refractivity contribution in [1.82, 2.24) is 0 Å². The minimum Gasteiger partial charge on any atom is -0.327 e. The van der Waals surface area contributed by atoms with Gasteiger partial charge in [0, 0.05) is 12.0 Å². The zero-order chi connectivity index (χ0) is 10.3. The molecule has 5 heteroatoms. The normalized spacial score (nSPS) is 24.5. The number of hydrogen-bond donors (Lipinski definition) is 1. The first-order chi connectivity index (χ1) is 6.48. The van der Waals surface area contributed by atoms with Crippen molar-refractivity contribution in [3.05, 3.63) is 35.4 Å². The predicted octanol–water partition coefficient (Wildman–Crippen LogP) is 2.94. The van der Waals surface area contributed by atoms with E-state index in [1.54, 1.807) is 0 Å². The molecule has 84 valence electrons. The van der Waals surface area contributed by atoms with E-state index in [0.29, 0.717) is 0 Å². The molecule has 15 heavy (non-hydrogen) atoms. The molecular weight excluding hydrogens is 227 g/mol. The molecule has 0 aromatic heterocycles. The average Bonchev–Trinajstić information content (AvgIpc) is 2.81. The van der Waals surface area contributed by atoms with E-state index < -0.39 is 11.7 Å². The predicted molar refractivity (Wildman–Crippen MR) is 54.0 cm³/mol. The van der Waals surface area contributed by atoms with Gasteiger partial charge in [-0.3, -0.25) is 0 Å². The Kier molecular flexibility index (Phi) is 3.31. The number of benzene rings is 1. The molecule has 0 saturated heterocycles. The highest BCUT2D eigenvalue weighted by Gasteiger charge is 2.36. The molecular formula is C10H11ClF3N. The summed E-state index contributed by atoms with van der Waals surface area (Å²) < 4.78 is 36.6. The van der Waals surface area contributed by atoms with Crippen LogP contribution in [0.25, 0.3) is 0 Å². The summed E-state index contributed by atoms with van der Waals surface area (Å²) in [6.07, 6.45) is -3.37. The Hall–Kier alpha value is -0.740. The van der Waals surface area contributed by atoms with E-state index in [0.717, 1.165) is 24.1 Å². The van der Waals surface area contributed by atoms with Crippen molar-refractivity contribution in [1.29, 1.82) is 0 Å². The largest absolute Gasteiger partial charge is 0.416 e. The second kappa shape index (κ2) is 4.02. The van der Waals surface area contributed by atoms with Gasteiger partial charge in [-0.2, -0.15) is 13.2 Å². The quantitative estimate of drug-likeness (QED) is 0.799. The van der Waals surface area contributed by atoms with Crippen LogP contribution in [-0.4, -0.2) is 6.04 Å². The number of alkyl halides is 3. The van der Waals surface area contributed by atoms with Gasteiger partial charge >= 0.3 is 6.18 Å².